The highest BCUT2D eigenvalue weighted by Crippen LogP contribution is 1.89. The zero-order chi connectivity index (χ0) is 10.1. The van der Waals surface area contributed by atoms with Gasteiger partial charge in [0.1, 0.15) is 0 Å². The molecule has 0 bridgehead atoms. The molecule has 0 amide bonds. The molecule has 0 rings (SSSR count). The molecule has 2 atom stereocenters. The summed E-state index contributed by atoms with van der Waals surface area (Å²) in [4.78, 5) is 0. The van der Waals surface area contributed by atoms with Crippen LogP contribution in [0.5, 0.6) is 0 Å². The molecule has 0 aliphatic carbocycles. The van der Waals surface area contributed by atoms with Crippen LogP contribution in [0.15, 0.2) is 0 Å². The van der Waals surface area contributed by atoms with Crippen molar-refractivity contribution in [2.24, 2.45) is 0 Å². The fourth-order valence-electron chi connectivity index (χ4n) is 1.02. The third kappa shape index (κ3) is 6.04. The second-order valence-corrected chi connectivity index (χ2v) is 2.62. The average molecular weight is 187 g/mol. The van der Waals surface area contributed by atoms with Crippen LogP contribution in [-0.4, -0.2) is 46.8 Å². The van der Waals surface area contributed by atoms with Crippen LogP contribution in [-0.2, 0) is 9.47 Å². The molecule has 77 valence electrons. The van der Waals surface area contributed by atoms with Gasteiger partial charge in [0.25, 0.3) is 0 Å². The smallest absolute Gasteiger partial charge is 0.228 e. The lowest BCUT2D eigenvalue weighted by atomic mass is 9.73. The van der Waals surface area contributed by atoms with Gasteiger partial charge in [-0.1, -0.05) is 13.8 Å². The van der Waals surface area contributed by atoms with Crippen molar-refractivity contribution in [3.63, 3.8) is 0 Å². The van der Waals surface area contributed by atoms with Crippen molar-refractivity contribution in [2.45, 2.75) is 26.1 Å². The van der Waals surface area contributed by atoms with Gasteiger partial charge < -0.3 is 9.47 Å². The summed E-state index contributed by atoms with van der Waals surface area (Å²) in [6.07, 6.45) is -0.122. The topological polar surface area (TPSA) is 42.5 Å². The lowest BCUT2D eigenvalue weighted by molar-refractivity contribution is 0.105. The number of methoxy groups -OCH3 is 2. The van der Waals surface area contributed by atoms with Gasteiger partial charge in [-0.2, -0.15) is 0 Å². The number of nitrogens with one attached hydrogen (secondary N) is 2. The number of rotatable bonds is 8. The lowest BCUT2D eigenvalue weighted by Gasteiger charge is -2.21. The highest BCUT2D eigenvalue weighted by Gasteiger charge is 2.15. The van der Waals surface area contributed by atoms with Crippen molar-refractivity contribution in [1.82, 2.24) is 10.6 Å². The van der Waals surface area contributed by atoms with E-state index in [1.54, 1.807) is 14.2 Å². The highest BCUT2D eigenvalue weighted by molar-refractivity contribution is 6.38. The van der Waals surface area contributed by atoms with Gasteiger partial charge in [0.2, 0.25) is 7.28 Å². The molecule has 1 radical (unpaired) electrons. The minimum atomic E-state index is -0.0611. The third-order valence-corrected chi connectivity index (χ3v) is 1.67. The fraction of sp³-hybridized carbons (Fsp3) is 1.00. The van der Waals surface area contributed by atoms with E-state index < -0.39 is 0 Å². The summed E-state index contributed by atoms with van der Waals surface area (Å²) in [6.45, 7) is 5.82. The molecule has 0 spiro atoms. The molecule has 0 saturated carbocycles. The minimum absolute atomic E-state index is 0.0611. The molecule has 5 heteroatoms. The summed E-state index contributed by atoms with van der Waals surface area (Å²) in [5, 5.41) is 6.32. The summed E-state index contributed by atoms with van der Waals surface area (Å²) >= 11 is 0. The van der Waals surface area contributed by atoms with E-state index in [1.165, 1.54) is 0 Å². The standard InChI is InChI=1S/C8H20BN2O2/c1-5-10-7(12-3)9-8(13-4)11-6-2/h7-8,10-11H,5-6H2,1-4H3. The van der Waals surface area contributed by atoms with Gasteiger partial charge in [0, 0.05) is 14.2 Å². The molecule has 0 fully saturated rings. The second-order valence-electron chi connectivity index (χ2n) is 2.62. The van der Waals surface area contributed by atoms with Gasteiger partial charge >= 0.3 is 0 Å². The van der Waals surface area contributed by atoms with E-state index in [-0.39, 0.29) is 12.3 Å². The molecule has 4 nitrogen and oxygen atoms in total. The first-order valence-corrected chi connectivity index (χ1v) is 4.65. The van der Waals surface area contributed by atoms with Crippen LogP contribution < -0.4 is 10.6 Å². The molecule has 0 heterocycles. The van der Waals surface area contributed by atoms with E-state index in [0.29, 0.717) is 0 Å². The van der Waals surface area contributed by atoms with Crippen molar-refractivity contribution in [3.8, 4) is 0 Å². The number of hydrogen-bond acceptors (Lipinski definition) is 4. The zero-order valence-corrected chi connectivity index (χ0v) is 8.96. The zero-order valence-electron chi connectivity index (χ0n) is 8.96. The first kappa shape index (κ1) is 12.9. The van der Waals surface area contributed by atoms with Crippen molar-refractivity contribution in [1.29, 1.82) is 0 Å². The van der Waals surface area contributed by atoms with Crippen molar-refractivity contribution < 1.29 is 9.47 Å². The Morgan fingerprint density at radius 1 is 1.00 bits per heavy atom. The predicted octanol–water partition coefficient (Wildman–Crippen LogP) is -0.230. The van der Waals surface area contributed by atoms with Crippen LogP contribution in [0.3, 0.4) is 0 Å². The summed E-state index contributed by atoms with van der Waals surface area (Å²) in [6, 6.07) is 0. The van der Waals surface area contributed by atoms with E-state index in [4.69, 9.17) is 9.47 Å². The summed E-state index contributed by atoms with van der Waals surface area (Å²) in [7, 11) is 5.29. The molecule has 0 aliphatic rings. The molecular formula is C8H20BN2O2. The number of ether oxygens (including phenoxy) is 2. The Labute approximate surface area is 81.6 Å². The fourth-order valence-corrected chi connectivity index (χ4v) is 1.02. The molecule has 0 saturated heterocycles. The Morgan fingerprint density at radius 3 is 1.62 bits per heavy atom. The van der Waals surface area contributed by atoms with Gasteiger partial charge in [-0.15, -0.1) is 0 Å². The molecule has 13 heavy (non-hydrogen) atoms. The molecule has 2 unspecified atom stereocenters. The van der Waals surface area contributed by atoms with Crippen LogP contribution in [0.1, 0.15) is 13.8 Å². The minimum Gasteiger partial charge on any atom is -0.376 e. The van der Waals surface area contributed by atoms with Gasteiger partial charge in [-0.25, -0.2) is 0 Å². The van der Waals surface area contributed by atoms with Crippen molar-refractivity contribution in [2.75, 3.05) is 27.3 Å². The normalized spacial score (nSPS) is 15.4. The van der Waals surface area contributed by atoms with Gasteiger partial charge in [0.05, 0.1) is 12.3 Å². The van der Waals surface area contributed by atoms with Crippen LogP contribution >= 0.6 is 0 Å². The van der Waals surface area contributed by atoms with E-state index in [2.05, 4.69) is 10.6 Å². The maximum atomic E-state index is 5.18. The average Bonchev–Trinajstić information content (AvgIpc) is 2.16. The Morgan fingerprint density at radius 2 is 1.38 bits per heavy atom. The molecule has 0 aromatic rings. The number of hydrogen-bond donors (Lipinski definition) is 2. The monoisotopic (exact) mass is 187 g/mol. The van der Waals surface area contributed by atoms with E-state index >= 15 is 0 Å². The molecule has 0 aromatic carbocycles. The SMILES string of the molecule is CCNC([B]C(NCC)OC)OC. The molecule has 2 N–H and O–H groups in total. The van der Waals surface area contributed by atoms with Crippen LogP contribution in [0.4, 0.5) is 0 Å². The van der Waals surface area contributed by atoms with Crippen molar-refractivity contribution >= 4 is 7.28 Å². The largest absolute Gasteiger partial charge is 0.376 e. The van der Waals surface area contributed by atoms with E-state index in [0.717, 1.165) is 13.1 Å². The maximum absolute atomic E-state index is 5.18. The van der Waals surface area contributed by atoms with Crippen molar-refractivity contribution in [3.05, 3.63) is 0 Å². The molecular weight excluding hydrogens is 167 g/mol. The van der Waals surface area contributed by atoms with Crippen LogP contribution in [0, 0.1) is 0 Å². The van der Waals surface area contributed by atoms with E-state index in [1.807, 2.05) is 21.1 Å². The third-order valence-electron chi connectivity index (χ3n) is 1.67. The first-order valence-electron chi connectivity index (χ1n) is 4.65. The Balaban J connectivity index is 3.73. The summed E-state index contributed by atoms with van der Waals surface area (Å²) in [5.41, 5.74) is 0. The quantitative estimate of drug-likeness (QED) is 0.407. The van der Waals surface area contributed by atoms with Gasteiger partial charge in [-0.05, 0) is 13.1 Å². The Bertz CT molecular complexity index is 104. The first-order chi connectivity index (χ1) is 6.28. The Hall–Kier alpha value is -0.0951. The molecule has 0 aromatic heterocycles. The molecule has 0 aliphatic heterocycles. The van der Waals surface area contributed by atoms with Crippen LogP contribution in [0.2, 0.25) is 0 Å². The maximum Gasteiger partial charge on any atom is 0.228 e. The van der Waals surface area contributed by atoms with Crippen LogP contribution in [0.25, 0.3) is 0 Å². The van der Waals surface area contributed by atoms with Gasteiger partial charge in [-0.3, -0.25) is 10.6 Å². The summed E-state index contributed by atoms with van der Waals surface area (Å²) < 4.78 is 10.4. The van der Waals surface area contributed by atoms with E-state index in [9.17, 15) is 0 Å². The highest BCUT2D eigenvalue weighted by atomic mass is 16.5. The van der Waals surface area contributed by atoms with Gasteiger partial charge in [0.15, 0.2) is 0 Å². The second kappa shape index (κ2) is 8.50. The lowest BCUT2D eigenvalue weighted by Crippen LogP contribution is -2.47. The Kier molecular flexibility index (Phi) is 8.44. The predicted molar refractivity (Wildman–Crippen MR) is 54.7 cm³/mol. The summed E-state index contributed by atoms with van der Waals surface area (Å²) in [5.74, 6) is 0.